The van der Waals surface area contributed by atoms with Crippen LogP contribution >= 0.6 is 11.6 Å². The minimum absolute atomic E-state index is 0.109. The highest BCUT2D eigenvalue weighted by Gasteiger charge is 2.30. The lowest BCUT2D eigenvalue weighted by molar-refractivity contribution is -1.01. The van der Waals surface area contributed by atoms with Crippen molar-refractivity contribution in [2.24, 2.45) is 0 Å². The second-order valence-electron chi connectivity index (χ2n) is 5.72. The molecule has 1 fully saturated rings. The van der Waals surface area contributed by atoms with Gasteiger partial charge in [0.1, 0.15) is 32.2 Å². The number of carbonyl (C=O) groups is 2. The lowest BCUT2D eigenvalue weighted by Crippen LogP contribution is -3.29. The summed E-state index contributed by atoms with van der Waals surface area (Å²) < 4.78 is 0. The molecule has 0 spiro atoms. The number of carboxylic acids is 1. The summed E-state index contributed by atoms with van der Waals surface area (Å²) >= 11 is 5.98. The Morgan fingerprint density at radius 2 is 1.91 bits per heavy atom. The fourth-order valence-corrected chi connectivity index (χ4v) is 2.87. The van der Waals surface area contributed by atoms with Gasteiger partial charge in [0, 0.05) is 0 Å². The average Bonchev–Trinajstić information content (AvgIpc) is 2.48. The molecule has 0 saturated carbocycles. The van der Waals surface area contributed by atoms with Gasteiger partial charge in [0.15, 0.2) is 0 Å². The van der Waals surface area contributed by atoms with Crippen molar-refractivity contribution in [2.45, 2.75) is 12.5 Å². The van der Waals surface area contributed by atoms with Crippen LogP contribution in [0, 0.1) is 0 Å². The first-order valence-electron chi connectivity index (χ1n) is 7.38. The third kappa shape index (κ3) is 4.43. The summed E-state index contributed by atoms with van der Waals surface area (Å²) in [5, 5.41) is 14.5. The van der Waals surface area contributed by atoms with Gasteiger partial charge in [0.2, 0.25) is 5.91 Å². The SMILES string of the molecule is C[NH+]1CC[NH+]([C@H](CC(=O)Nc2ccccc2Cl)C(=O)[O-])CC1. The molecule has 0 radical (unpaired) electrons. The van der Waals surface area contributed by atoms with Crippen molar-refractivity contribution in [1.29, 1.82) is 0 Å². The summed E-state index contributed by atoms with van der Waals surface area (Å²) in [6.45, 7) is 3.24. The van der Waals surface area contributed by atoms with Gasteiger partial charge < -0.3 is 25.0 Å². The maximum absolute atomic E-state index is 12.1. The van der Waals surface area contributed by atoms with Gasteiger partial charge in [-0.2, -0.15) is 0 Å². The van der Waals surface area contributed by atoms with Crippen LogP contribution in [0.2, 0.25) is 5.02 Å². The van der Waals surface area contributed by atoms with E-state index in [1.54, 1.807) is 24.3 Å². The normalized spacial score (nSPS) is 22.8. The molecule has 1 aliphatic heterocycles. The third-order valence-electron chi connectivity index (χ3n) is 4.06. The standard InChI is InChI=1S/C15H20ClN3O3/c1-18-6-8-19(9-7-18)13(15(21)22)10-14(20)17-12-5-3-2-4-11(12)16/h2-5,13H,6-10H2,1H3,(H,17,20)(H,21,22)/p+1/t13-/m1/s1. The Bertz CT molecular complexity index is 545. The molecule has 7 heteroatoms. The van der Waals surface area contributed by atoms with Crippen LogP contribution < -0.4 is 20.2 Å². The number of halogens is 1. The first kappa shape index (κ1) is 16.7. The smallest absolute Gasteiger partial charge is 0.230 e. The molecular weight excluding hydrogens is 306 g/mol. The second kappa shape index (κ2) is 7.58. The Balaban J connectivity index is 1.97. The van der Waals surface area contributed by atoms with Crippen molar-refractivity contribution in [2.75, 3.05) is 38.5 Å². The zero-order chi connectivity index (χ0) is 16.1. The van der Waals surface area contributed by atoms with E-state index >= 15 is 0 Å². The number of aliphatic carboxylic acids is 1. The number of hydrogen-bond acceptors (Lipinski definition) is 3. The van der Waals surface area contributed by atoms with Crippen LogP contribution in [0.3, 0.4) is 0 Å². The monoisotopic (exact) mass is 326 g/mol. The summed E-state index contributed by atoms with van der Waals surface area (Å²) in [5.74, 6) is -1.54. The second-order valence-corrected chi connectivity index (χ2v) is 6.13. The minimum Gasteiger partial charge on any atom is -0.544 e. The molecule has 1 saturated heterocycles. The first-order chi connectivity index (χ1) is 10.5. The van der Waals surface area contributed by atoms with Gasteiger partial charge in [-0.25, -0.2) is 0 Å². The summed E-state index contributed by atoms with van der Waals surface area (Å²) in [6, 6.07) is 6.04. The maximum Gasteiger partial charge on any atom is 0.230 e. The van der Waals surface area contributed by atoms with Gasteiger partial charge >= 0.3 is 0 Å². The van der Waals surface area contributed by atoms with E-state index in [0.29, 0.717) is 10.7 Å². The van der Waals surface area contributed by atoms with Crippen LogP contribution in [0.25, 0.3) is 0 Å². The van der Waals surface area contributed by atoms with Gasteiger partial charge in [-0.3, -0.25) is 4.79 Å². The number of para-hydroxylation sites is 1. The molecule has 0 bridgehead atoms. The van der Waals surface area contributed by atoms with E-state index in [1.807, 2.05) is 0 Å². The summed E-state index contributed by atoms with van der Waals surface area (Å²) in [6.07, 6.45) is -0.109. The number of carboxylic acid groups (broad SMARTS) is 1. The molecule has 1 atom stereocenters. The molecule has 6 nitrogen and oxygen atoms in total. The molecule has 0 unspecified atom stereocenters. The largest absolute Gasteiger partial charge is 0.544 e. The fourth-order valence-electron chi connectivity index (χ4n) is 2.69. The highest BCUT2D eigenvalue weighted by atomic mass is 35.5. The van der Waals surface area contributed by atoms with E-state index in [-0.39, 0.29) is 12.3 Å². The Hall–Kier alpha value is -1.63. The number of hydrogen-bond donors (Lipinski definition) is 3. The lowest BCUT2D eigenvalue weighted by Gasteiger charge is -2.33. The van der Waals surface area contributed by atoms with E-state index < -0.39 is 12.0 Å². The molecule has 120 valence electrons. The third-order valence-corrected chi connectivity index (χ3v) is 4.39. The molecule has 1 aromatic carbocycles. The molecule has 2 rings (SSSR count). The van der Waals surface area contributed by atoms with Gasteiger partial charge in [0.25, 0.3) is 0 Å². The zero-order valence-corrected chi connectivity index (χ0v) is 13.3. The van der Waals surface area contributed by atoms with Crippen molar-refractivity contribution in [3.8, 4) is 0 Å². The highest BCUT2D eigenvalue weighted by Crippen LogP contribution is 2.20. The van der Waals surface area contributed by atoms with Crippen LogP contribution in [0.1, 0.15) is 6.42 Å². The highest BCUT2D eigenvalue weighted by molar-refractivity contribution is 6.33. The van der Waals surface area contributed by atoms with E-state index in [0.717, 1.165) is 31.1 Å². The predicted molar refractivity (Wildman–Crippen MR) is 80.8 cm³/mol. The maximum atomic E-state index is 12.1. The minimum atomic E-state index is -1.18. The van der Waals surface area contributed by atoms with Gasteiger partial charge in [-0.15, -0.1) is 0 Å². The van der Waals surface area contributed by atoms with Crippen molar-refractivity contribution in [3.05, 3.63) is 29.3 Å². The lowest BCUT2D eigenvalue weighted by atomic mass is 10.1. The summed E-state index contributed by atoms with van der Waals surface area (Å²) in [5.41, 5.74) is 0.490. The molecule has 1 aromatic rings. The van der Waals surface area contributed by atoms with Gasteiger partial charge in [-0.05, 0) is 12.1 Å². The van der Waals surface area contributed by atoms with Crippen molar-refractivity contribution >= 4 is 29.2 Å². The number of carbonyl (C=O) groups excluding carboxylic acids is 2. The van der Waals surface area contributed by atoms with Crippen LogP contribution in [-0.4, -0.2) is 51.1 Å². The predicted octanol–water partition coefficient (Wildman–Crippen LogP) is -2.80. The number of amides is 1. The molecule has 0 aromatic heterocycles. The van der Waals surface area contributed by atoms with E-state index in [1.165, 1.54) is 4.90 Å². The molecule has 22 heavy (non-hydrogen) atoms. The number of likely N-dealkylation sites (N-methyl/N-ethyl adjacent to an activating group) is 1. The Kier molecular flexibility index (Phi) is 5.76. The van der Waals surface area contributed by atoms with Crippen LogP contribution in [0.5, 0.6) is 0 Å². The Labute approximate surface area is 134 Å². The first-order valence-corrected chi connectivity index (χ1v) is 7.76. The quantitative estimate of drug-likeness (QED) is 0.547. The number of anilines is 1. The van der Waals surface area contributed by atoms with Crippen LogP contribution in [0.15, 0.2) is 24.3 Å². The van der Waals surface area contributed by atoms with Crippen molar-refractivity contribution < 1.29 is 24.5 Å². The molecule has 1 amide bonds. The van der Waals surface area contributed by atoms with Gasteiger partial charge in [0.05, 0.1) is 30.1 Å². The van der Waals surface area contributed by atoms with Gasteiger partial charge in [-0.1, -0.05) is 23.7 Å². The average molecular weight is 327 g/mol. The zero-order valence-electron chi connectivity index (χ0n) is 12.5. The summed E-state index contributed by atoms with van der Waals surface area (Å²) in [7, 11) is 2.08. The van der Waals surface area contributed by atoms with Crippen LogP contribution in [0.4, 0.5) is 5.69 Å². The molecule has 1 heterocycles. The molecule has 1 aliphatic rings. The van der Waals surface area contributed by atoms with Crippen molar-refractivity contribution in [3.63, 3.8) is 0 Å². The number of benzene rings is 1. The summed E-state index contributed by atoms with van der Waals surface area (Å²) in [4.78, 5) is 25.8. The van der Waals surface area contributed by atoms with E-state index in [9.17, 15) is 14.7 Å². The van der Waals surface area contributed by atoms with E-state index in [2.05, 4.69) is 12.4 Å². The van der Waals surface area contributed by atoms with E-state index in [4.69, 9.17) is 11.6 Å². The number of quaternary nitrogens is 2. The fraction of sp³-hybridized carbons (Fsp3) is 0.467. The molecular formula is C15H21ClN3O3+. The number of nitrogens with one attached hydrogen (secondary N) is 3. The Morgan fingerprint density at radius 3 is 2.50 bits per heavy atom. The molecule has 0 aliphatic carbocycles. The number of piperazine rings is 1. The van der Waals surface area contributed by atoms with Crippen molar-refractivity contribution in [1.82, 2.24) is 0 Å². The van der Waals surface area contributed by atoms with Crippen LogP contribution in [-0.2, 0) is 9.59 Å². The molecule has 3 N–H and O–H groups in total. The topological polar surface area (TPSA) is 78.1 Å². The Morgan fingerprint density at radius 1 is 1.27 bits per heavy atom. The number of rotatable bonds is 5.